The predicted molar refractivity (Wildman–Crippen MR) is 136 cm³/mol. The van der Waals surface area contributed by atoms with Gasteiger partial charge in [0.25, 0.3) is 17.8 Å². The number of aromatic nitrogens is 2. The summed E-state index contributed by atoms with van der Waals surface area (Å²) in [6.45, 7) is 2.89. The molecule has 11 nitrogen and oxygen atoms in total. The van der Waals surface area contributed by atoms with Crippen molar-refractivity contribution in [3.05, 3.63) is 81.7 Å². The highest BCUT2D eigenvalue weighted by Crippen LogP contribution is 2.38. The smallest absolute Gasteiger partial charge is 0.266 e. The first-order valence-electron chi connectivity index (χ1n) is 11.3. The summed E-state index contributed by atoms with van der Waals surface area (Å²) in [5.74, 6) is -1.13. The maximum absolute atomic E-state index is 13.1. The number of rotatable bonds is 7. The molecule has 5 N–H and O–H groups in total. The molecule has 0 saturated carbocycles. The van der Waals surface area contributed by atoms with Crippen LogP contribution in [0.4, 0.5) is 0 Å². The normalized spacial score (nSPS) is 14.2. The van der Waals surface area contributed by atoms with E-state index in [-0.39, 0.29) is 5.96 Å². The summed E-state index contributed by atoms with van der Waals surface area (Å²) in [6, 6.07) is 13.6. The Labute approximate surface area is 204 Å². The number of imide groups is 1. The number of nitrogens with one attached hydrogen (secondary N) is 3. The highest BCUT2D eigenvalue weighted by Gasteiger charge is 2.35. The number of H-pyrrole nitrogens is 1. The number of guanidine groups is 1. The first-order chi connectivity index (χ1) is 17.3. The monoisotopic (exact) mass is 485 g/mol. The van der Waals surface area contributed by atoms with Gasteiger partial charge in [-0.15, -0.1) is 0 Å². The van der Waals surface area contributed by atoms with Crippen LogP contribution in [0.5, 0.6) is 0 Å². The minimum Gasteiger partial charge on any atom is -0.365 e. The molecule has 2 aromatic carbocycles. The summed E-state index contributed by atoms with van der Waals surface area (Å²) in [7, 11) is 0. The molecule has 3 heterocycles. The van der Waals surface area contributed by atoms with Crippen LogP contribution in [0.25, 0.3) is 33.0 Å². The third-order valence-corrected chi connectivity index (χ3v) is 6.17. The molecule has 0 unspecified atom stereocenters. The quantitative estimate of drug-likeness (QED) is 0.0785. The van der Waals surface area contributed by atoms with Gasteiger partial charge >= 0.3 is 0 Å². The Morgan fingerprint density at radius 2 is 1.86 bits per heavy atom. The molecule has 1 aliphatic heterocycles. The molecule has 182 valence electrons. The van der Waals surface area contributed by atoms with Crippen molar-refractivity contribution in [1.29, 1.82) is 0 Å². The van der Waals surface area contributed by atoms with E-state index in [1.54, 1.807) is 6.20 Å². The van der Waals surface area contributed by atoms with E-state index in [9.17, 15) is 19.7 Å². The van der Waals surface area contributed by atoms with Crippen LogP contribution in [0.1, 0.15) is 23.1 Å². The van der Waals surface area contributed by atoms with E-state index >= 15 is 0 Å². The molecule has 0 saturated heterocycles. The second-order valence-electron chi connectivity index (χ2n) is 8.54. The summed E-state index contributed by atoms with van der Waals surface area (Å²) in [4.78, 5) is 39.7. The zero-order chi connectivity index (χ0) is 25.4. The van der Waals surface area contributed by atoms with E-state index in [0.717, 1.165) is 27.4 Å². The Kier molecular flexibility index (Phi) is 5.72. The van der Waals surface area contributed by atoms with Crippen molar-refractivity contribution >= 4 is 50.7 Å². The number of aromatic amines is 1. The van der Waals surface area contributed by atoms with E-state index in [2.05, 4.69) is 20.7 Å². The van der Waals surface area contributed by atoms with Crippen LogP contribution >= 0.6 is 0 Å². The van der Waals surface area contributed by atoms with E-state index in [1.807, 2.05) is 60.2 Å². The van der Waals surface area contributed by atoms with Gasteiger partial charge < -0.3 is 20.6 Å². The number of hydrogen-bond donors (Lipinski definition) is 4. The maximum Gasteiger partial charge on any atom is 0.266 e. The Morgan fingerprint density at radius 1 is 1.11 bits per heavy atom. The molecular formula is C25H23N7O4. The second kappa shape index (κ2) is 9.02. The third kappa shape index (κ3) is 4.06. The van der Waals surface area contributed by atoms with Gasteiger partial charge in [-0.05, 0) is 31.0 Å². The number of hydrazone groups is 1. The second-order valence-corrected chi connectivity index (χ2v) is 8.54. The molecule has 1 aliphatic rings. The lowest BCUT2D eigenvalue weighted by molar-refractivity contribution is -0.485. The highest BCUT2D eigenvalue weighted by atomic mass is 16.7. The number of benzene rings is 2. The van der Waals surface area contributed by atoms with Crippen LogP contribution in [0, 0.1) is 17.0 Å². The van der Waals surface area contributed by atoms with Gasteiger partial charge in [0.2, 0.25) is 0 Å². The molecule has 36 heavy (non-hydrogen) atoms. The summed E-state index contributed by atoms with van der Waals surface area (Å²) in [6.07, 6.45) is 4.22. The Hall–Kier alpha value is -4.93. The van der Waals surface area contributed by atoms with Crippen molar-refractivity contribution in [1.82, 2.24) is 20.2 Å². The molecule has 0 aliphatic carbocycles. The van der Waals surface area contributed by atoms with Gasteiger partial charge in [-0.1, -0.05) is 30.3 Å². The summed E-state index contributed by atoms with van der Waals surface area (Å²) in [5.41, 5.74) is 10.3. The topological polar surface area (TPSA) is 160 Å². The maximum atomic E-state index is 13.1. The Balaban J connectivity index is 1.57. The number of nitro groups is 1. The zero-order valence-corrected chi connectivity index (χ0v) is 19.4. The Morgan fingerprint density at radius 3 is 2.64 bits per heavy atom. The Bertz CT molecular complexity index is 1610. The largest absolute Gasteiger partial charge is 0.365 e. The van der Waals surface area contributed by atoms with Crippen LogP contribution < -0.4 is 16.4 Å². The predicted octanol–water partition coefficient (Wildman–Crippen LogP) is 2.48. The minimum atomic E-state index is -0.857. The summed E-state index contributed by atoms with van der Waals surface area (Å²) in [5, 5.41) is 19.5. The van der Waals surface area contributed by atoms with E-state index in [4.69, 9.17) is 5.73 Å². The molecule has 11 heteroatoms. The average molecular weight is 486 g/mol. The van der Waals surface area contributed by atoms with Crippen molar-refractivity contribution in [2.75, 3.05) is 6.54 Å². The first kappa shape index (κ1) is 22.8. The highest BCUT2D eigenvalue weighted by molar-refractivity contribution is 6.50. The third-order valence-electron chi connectivity index (χ3n) is 6.17. The lowest BCUT2D eigenvalue weighted by Gasteiger charge is -2.06. The average Bonchev–Trinajstić information content (AvgIpc) is 3.49. The number of amides is 2. The van der Waals surface area contributed by atoms with Crippen molar-refractivity contribution in [3.63, 3.8) is 0 Å². The molecule has 5 rings (SSSR count). The molecule has 0 bridgehead atoms. The van der Waals surface area contributed by atoms with Gasteiger partial charge in [-0.2, -0.15) is 0 Å². The van der Waals surface area contributed by atoms with Crippen molar-refractivity contribution in [2.45, 2.75) is 19.9 Å². The van der Waals surface area contributed by atoms with Gasteiger partial charge in [0.15, 0.2) is 5.03 Å². The number of carbonyl (C=O) groups excluding carboxylic acids is 2. The van der Waals surface area contributed by atoms with E-state index < -0.39 is 16.8 Å². The number of aryl methyl sites for hydroxylation is 2. The van der Waals surface area contributed by atoms with Gasteiger partial charge in [-0.3, -0.25) is 14.9 Å². The fourth-order valence-electron chi connectivity index (χ4n) is 4.62. The lowest BCUT2D eigenvalue weighted by atomic mass is 9.95. The molecule has 0 atom stereocenters. The fourth-order valence-corrected chi connectivity index (χ4v) is 4.62. The lowest BCUT2D eigenvalue weighted by Crippen LogP contribution is -2.33. The zero-order valence-electron chi connectivity index (χ0n) is 19.4. The van der Waals surface area contributed by atoms with Crippen LogP contribution in [-0.4, -0.2) is 38.9 Å². The molecule has 0 fully saturated rings. The molecule has 2 amide bonds. The number of nitrogens with two attached hydrogens (primary N) is 1. The fraction of sp³-hybridized carbons (Fsp3) is 0.160. The van der Waals surface area contributed by atoms with Crippen LogP contribution in [0.2, 0.25) is 0 Å². The van der Waals surface area contributed by atoms with Crippen molar-refractivity contribution in [3.8, 4) is 0 Å². The van der Waals surface area contributed by atoms with Gasteiger partial charge in [0.1, 0.15) is 5.10 Å². The van der Waals surface area contributed by atoms with Gasteiger partial charge in [0.05, 0.1) is 11.1 Å². The number of fused-ring (bicyclic) bond motifs is 2. The van der Waals surface area contributed by atoms with Crippen LogP contribution in [0.3, 0.4) is 0 Å². The first-order valence-corrected chi connectivity index (χ1v) is 11.3. The summed E-state index contributed by atoms with van der Waals surface area (Å²) < 4.78 is 2.01. The SMILES string of the molecule is Cc1ccc2c(C3=C(c4c[nH]c5ccccc45)C(=O)NC3=O)cn(CCCNC(N)=N[N+](=O)[O-])c2c1. The number of hydrogen-bond acceptors (Lipinski definition) is 4. The molecule has 4 aromatic rings. The van der Waals surface area contributed by atoms with E-state index in [0.29, 0.717) is 41.8 Å². The summed E-state index contributed by atoms with van der Waals surface area (Å²) >= 11 is 0. The standard InChI is InChI=1S/C25H23N7O4/c1-14-7-8-16-18(13-31(20(16)11-14)10-4-9-27-25(26)30-32(35)36)22-21(23(33)29-24(22)34)17-12-28-19-6-3-2-5-15(17)19/h2-3,5-8,11-13,28H,4,9-10H2,1H3,(H3,26,27,30)(H,29,33,34). The minimum absolute atomic E-state index is 0.261. The molecular weight excluding hydrogens is 462 g/mol. The molecule has 0 spiro atoms. The van der Waals surface area contributed by atoms with Gasteiger partial charge in [0, 0.05) is 58.4 Å². The van der Waals surface area contributed by atoms with Crippen molar-refractivity contribution < 1.29 is 14.6 Å². The number of carbonyl (C=O) groups is 2. The molecule has 0 radical (unpaired) electrons. The van der Waals surface area contributed by atoms with Gasteiger partial charge in [-0.25, -0.2) is 10.1 Å². The molecule has 2 aromatic heterocycles. The van der Waals surface area contributed by atoms with E-state index in [1.165, 1.54) is 0 Å². The van der Waals surface area contributed by atoms with Crippen LogP contribution in [-0.2, 0) is 16.1 Å². The number of nitrogens with zero attached hydrogens (tertiary/aromatic N) is 3. The van der Waals surface area contributed by atoms with Crippen molar-refractivity contribution in [2.24, 2.45) is 10.8 Å². The number of para-hydroxylation sites is 1. The van der Waals surface area contributed by atoms with Crippen LogP contribution in [0.15, 0.2) is 60.0 Å².